The van der Waals surface area contributed by atoms with E-state index in [9.17, 15) is 14.8 Å². The molecule has 4 atom stereocenters. The molecule has 4 saturated heterocycles. The molecule has 0 aliphatic carbocycles. The minimum Gasteiger partial charge on any atom is -0.508 e. The van der Waals surface area contributed by atoms with Crippen LogP contribution in [0, 0.1) is 23.0 Å². The summed E-state index contributed by atoms with van der Waals surface area (Å²) >= 11 is 0. The summed E-state index contributed by atoms with van der Waals surface area (Å²) in [5.41, 5.74) is -0.635. The van der Waals surface area contributed by atoms with Crippen molar-refractivity contribution < 1.29 is 23.0 Å². The summed E-state index contributed by atoms with van der Waals surface area (Å²) in [6.07, 6.45) is 3.24. The lowest BCUT2D eigenvalue weighted by Gasteiger charge is -2.34. The number of hydrogen-bond donors (Lipinski definition) is 2. The predicted octanol–water partition coefficient (Wildman–Crippen LogP) is 5.20. The topological polar surface area (TPSA) is 97.5 Å². The smallest absolute Gasteiger partial charge is 0.319 e. The van der Waals surface area contributed by atoms with E-state index in [4.69, 9.17) is 9.72 Å². The molecule has 4 aliphatic rings. The summed E-state index contributed by atoms with van der Waals surface area (Å²) < 4.78 is 52.8. The zero-order chi connectivity index (χ0) is 30.2. The fourth-order valence-corrected chi connectivity index (χ4v) is 8.03. The van der Waals surface area contributed by atoms with E-state index >= 15 is 8.78 Å². The Morgan fingerprint density at radius 3 is 2.73 bits per heavy atom. The van der Waals surface area contributed by atoms with Gasteiger partial charge in [-0.1, -0.05) is 12.1 Å². The lowest BCUT2D eigenvalue weighted by molar-refractivity contribution is 0.107. The summed E-state index contributed by atoms with van der Waals surface area (Å²) in [5, 5.41) is 25.1. The van der Waals surface area contributed by atoms with Gasteiger partial charge in [0.1, 0.15) is 35.7 Å². The van der Waals surface area contributed by atoms with Crippen LogP contribution in [0.1, 0.15) is 37.7 Å². The number of fused-ring (bicyclic) bond motifs is 5. The minimum atomic E-state index is -0.926. The Morgan fingerprint density at radius 2 is 1.93 bits per heavy atom. The van der Waals surface area contributed by atoms with E-state index in [1.165, 1.54) is 24.3 Å². The van der Waals surface area contributed by atoms with Gasteiger partial charge >= 0.3 is 6.01 Å². The van der Waals surface area contributed by atoms with Crippen molar-refractivity contribution in [2.24, 2.45) is 0 Å². The van der Waals surface area contributed by atoms with Gasteiger partial charge in [-0.15, -0.1) is 0 Å². The molecule has 4 aliphatic heterocycles. The number of hydrogen-bond acceptors (Lipinski definition) is 8. The first-order valence-corrected chi connectivity index (χ1v) is 15.2. The molecule has 0 radical (unpaired) electrons. The van der Waals surface area contributed by atoms with Crippen LogP contribution in [0.2, 0.25) is 0 Å². The molecular weight excluding hydrogens is 569 g/mol. The number of nitrogens with one attached hydrogen (secondary N) is 1. The van der Waals surface area contributed by atoms with Gasteiger partial charge in [0, 0.05) is 60.0 Å². The van der Waals surface area contributed by atoms with E-state index < -0.39 is 23.3 Å². The second kappa shape index (κ2) is 10.2. The van der Waals surface area contributed by atoms with Gasteiger partial charge in [0.25, 0.3) is 0 Å². The largest absolute Gasteiger partial charge is 0.508 e. The van der Waals surface area contributed by atoms with Crippen LogP contribution in [-0.2, 0) is 0 Å². The van der Waals surface area contributed by atoms with Gasteiger partial charge < -0.3 is 20.1 Å². The molecule has 44 heavy (non-hydrogen) atoms. The fraction of sp³-hybridized carbons (Fsp3) is 0.424. The molecule has 0 amide bonds. The fourth-order valence-electron chi connectivity index (χ4n) is 8.03. The first-order valence-electron chi connectivity index (χ1n) is 15.2. The highest BCUT2D eigenvalue weighted by Crippen LogP contribution is 2.43. The molecule has 8 rings (SSSR count). The Balaban J connectivity index is 1.31. The van der Waals surface area contributed by atoms with E-state index in [0.717, 1.165) is 32.2 Å². The Bertz CT molecular complexity index is 1850. The number of nitrogens with zero attached hydrogens (tertiary/aromatic N) is 5. The van der Waals surface area contributed by atoms with Crippen LogP contribution >= 0.6 is 0 Å². The second-order valence-electron chi connectivity index (χ2n) is 12.7. The van der Waals surface area contributed by atoms with Crippen molar-refractivity contribution in [3.8, 4) is 29.0 Å². The number of anilines is 1. The average molecular weight is 601 g/mol. The minimum absolute atomic E-state index is 0.0246. The first-order chi connectivity index (χ1) is 21.3. The van der Waals surface area contributed by atoms with Crippen molar-refractivity contribution in [3.05, 3.63) is 53.6 Å². The van der Waals surface area contributed by atoms with Gasteiger partial charge in [-0.05, 0) is 61.9 Å². The summed E-state index contributed by atoms with van der Waals surface area (Å²) in [6.45, 7) is 2.66. The lowest BCUT2D eigenvalue weighted by Crippen LogP contribution is -2.51. The van der Waals surface area contributed by atoms with E-state index in [1.807, 2.05) is 0 Å². The molecule has 8 nitrogen and oxygen atoms in total. The van der Waals surface area contributed by atoms with Gasteiger partial charge in [0.15, 0.2) is 5.82 Å². The first kappa shape index (κ1) is 27.4. The van der Waals surface area contributed by atoms with Crippen molar-refractivity contribution in [1.82, 2.24) is 20.2 Å². The number of aromatic nitrogens is 2. The standard InChI is InChI=1S/C33H31F3N6O2/c34-20-12-33(7-2-8-42(33)14-20)17-44-32-39-30-25(31(40-32)41-15-21-5-6-22(16-41)38-21)10-19(13-37)28(29(30)36)24-11-23(43)9-18-3-1-4-26(35)27(18)24/h1,3-4,9-11,20-22,38,43H,2,5-8,12,14-17H2/t20-,21?,22?,33+/m1/s1. The molecule has 2 unspecified atom stereocenters. The molecule has 0 saturated carbocycles. The number of phenolic OH excluding ortho intramolecular Hbond substituents is 1. The van der Waals surface area contributed by atoms with Crippen molar-refractivity contribution in [1.29, 1.82) is 5.26 Å². The number of nitriles is 1. The molecule has 5 heterocycles. The zero-order valence-corrected chi connectivity index (χ0v) is 24.0. The quantitative estimate of drug-likeness (QED) is 0.323. The number of halogens is 3. The second-order valence-corrected chi connectivity index (χ2v) is 12.7. The van der Waals surface area contributed by atoms with Gasteiger partial charge in [-0.2, -0.15) is 15.2 Å². The van der Waals surface area contributed by atoms with Crippen molar-refractivity contribution in [2.45, 2.75) is 55.9 Å². The van der Waals surface area contributed by atoms with Crippen LogP contribution in [0.5, 0.6) is 11.8 Å². The van der Waals surface area contributed by atoms with Crippen LogP contribution in [0.3, 0.4) is 0 Å². The molecule has 3 aromatic carbocycles. The number of phenols is 1. The summed E-state index contributed by atoms with van der Waals surface area (Å²) in [4.78, 5) is 13.5. The van der Waals surface area contributed by atoms with Crippen LogP contribution in [0.25, 0.3) is 32.8 Å². The Hall–Kier alpha value is -4.14. The van der Waals surface area contributed by atoms with E-state index in [1.54, 1.807) is 12.1 Å². The van der Waals surface area contributed by atoms with Crippen molar-refractivity contribution in [2.75, 3.05) is 37.7 Å². The molecule has 1 aromatic heterocycles. The third-order valence-electron chi connectivity index (χ3n) is 9.94. The number of aromatic hydroxyl groups is 1. The maximum atomic E-state index is 16.9. The maximum absolute atomic E-state index is 16.9. The van der Waals surface area contributed by atoms with E-state index in [2.05, 4.69) is 26.2 Å². The monoisotopic (exact) mass is 600 g/mol. The molecule has 11 heteroatoms. The van der Waals surface area contributed by atoms with Crippen LogP contribution < -0.4 is 15.0 Å². The number of ether oxygens (including phenoxy) is 1. The zero-order valence-electron chi connectivity index (χ0n) is 24.0. The van der Waals surface area contributed by atoms with Crippen LogP contribution in [0.4, 0.5) is 19.0 Å². The summed E-state index contributed by atoms with van der Waals surface area (Å²) in [6, 6.07) is 11.2. The highest BCUT2D eigenvalue weighted by molar-refractivity contribution is 6.03. The molecule has 226 valence electrons. The molecule has 4 aromatic rings. The normalized spacial score (nSPS) is 26.4. The number of alkyl halides is 1. The SMILES string of the molecule is N#Cc1cc2c(N3CC4CCC(C3)N4)nc(OC[C@@]34CCCN3C[C@H](F)C4)nc2c(F)c1-c1cc(O)cc2cccc(F)c12. The van der Waals surface area contributed by atoms with Gasteiger partial charge in [-0.25, -0.2) is 13.2 Å². The van der Waals surface area contributed by atoms with E-state index in [-0.39, 0.29) is 58.0 Å². The Morgan fingerprint density at radius 1 is 1.11 bits per heavy atom. The maximum Gasteiger partial charge on any atom is 0.319 e. The Kier molecular flexibility index (Phi) is 6.36. The number of rotatable bonds is 5. The van der Waals surface area contributed by atoms with Gasteiger partial charge in [0.05, 0.1) is 17.2 Å². The third kappa shape index (κ3) is 4.34. The van der Waals surface area contributed by atoms with Crippen LogP contribution in [0.15, 0.2) is 36.4 Å². The van der Waals surface area contributed by atoms with Gasteiger partial charge in [-0.3, -0.25) is 4.90 Å². The highest BCUT2D eigenvalue weighted by Gasteiger charge is 2.49. The summed E-state index contributed by atoms with van der Waals surface area (Å²) in [5.74, 6) is -1.15. The van der Waals surface area contributed by atoms with E-state index in [0.29, 0.717) is 42.6 Å². The van der Waals surface area contributed by atoms with Crippen LogP contribution in [-0.4, -0.2) is 76.6 Å². The molecule has 4 fully saturated rings. The molecule has 2 N–H and O–H groups in total. The number of benzene rings is 3. The third-order valence-corrected chi connectivity index (χ3v) is 9.94. The van der Waals surface area contributed by atoms with Gasteiger partial charge in [0.2, 0.25) is 0 Å². The molecular formula is C33H31F3N6O2. The molecule has 0 spiro atoms. The Labute approximate surface area is 252 Å². The van der Waals surface area contributed by atoms with Crippen molar-refractivity contribution >= 4 is 27.5 Å². The molecule has 2 bridgehead atoms. The highest BCUT2D eigenvalue weighted by atomic mass is 19.1. The number of piperazine rings is 1. The predicted molar refractivity (Wildman–Crippen MR) is 159 cm³/mol. The van der Waals surface area contributed by atoms with Crippen molar-refractivity contribution in [3.63, 3.8) is 0 Å². The average Bonchev–Trinajstić information content (AvgIpc) is 3.65. The summed E-state index contributed by atoms with van der Waals surface area (Å²) in [7, 11) is 0. The lowest BCUT2D eigenvalue weighted by atomic mass is 9.92.